The van der Waals surface area contributed by atoms with Crippen molar-refractivity contribution in [3.05, 3.63) is 70.2 Å². The van der Waals surface area contributed by atoms with Gasteiger partial charge in [0.25, 0.3) is 5.91 Å². The van der Waals surface area contributed by atoms with Gasteiger partial charge in [-0.1, -0.05) is 42.0 Å². The predicted octanol–water partition coefficient (Wildman–Crippen LogP) is 5.33. The maximum Gasteiger partial charge on any atom is 0.409 e. The van der Waals surface area contributed by atoms with E-state index in [1.807, 2.05) is 54.8 Å². The Morgan fingerprint density at radius 2 is 1.88 bits per heavy atom. The van der Waals surface area contributed by atoms with Crippen LogP contribution in [0.25, 0.3) is 11.1 Å². The number of nitrogens with one attached hydrogen (secondary N) is 1. The molecule has 2 aromatic carbocycles. The van der Waals surface area contributed by atoms with Gasteiger partial charge in [-0.15, -0.1) is 11.3 Å². The standard InChI is InChI=1S/C26H29N3O4S/c1-18-8-9-22(21(16-18)19-6-4-3-5-7-19)27-24(30)23-17-34-25(28-23)20-10-12-29(13-11-20)26(31)33-15-14-32-2/h3-9,16-17,20H,10-15H2,1-2H3,(H,27,30). The number of methoxy groups -OCH3 is 1. The number of anilines is 1. The van der Waals surface area contributed by atoms with Gasteiger partial charge in [0.2, 0.25) is 0 Å². The van der Waals surface area contributed by atoms with Crippen LogP contribution < -0.4 is 5.32 Å². The highest BCUT2D eigenvalue weighted by molar-refractivity contribution is 7.10. The third-order valence-electron chi connectivity index (χ3n) is 5.88. The Kier molecular flexibility index (Phi) is 7.92. The molecule has 0 unspecified atom stereocenters. The summed E-state index contributed by atoms with van der Waals surface area (Å²) in [5.74, 6) is 0.0107. The number of thiazole rings is 1. The predicted molar refractivity (Wildman–Crippen MR) is 133 cm³/mol. The fourth-order valence-electron chi connectivity index (χ4n) is 4.00. The van der Waals surface area contributed by atoms with Crippen LogP contribution in [0.1, 0.15) is 39.8 Å². The highest BCUT2D eigenvalue weighted by Gasteiger charge is 2.27. The lowest BCUT2D eigenvalue weighted by Crippen LogP contribution is -2.38. The number of hydrogen-bond acceptors (Lipinski definition) is 6. The van der Waals surface area contributed by atoms with Crippen LogP contribution in [0.3, 0.4) is 0 Å². The molecule has 178 valence electrons. The third-order valence-corrected chi connectivity index (χ3v) is 6.89. The number of aromatic nitrogens is 1. The van der Waals surface area contributed by atoms with Crippen molar-refractivity contribution in [2.75, 3.05) is 38.7 Å². The number of benzene rings is 2. The van der Waals surface area contributed by atoms with Crippen molar-refractivity contribution in [2.45, 2.75) is 25.7 Å². The zero-order valence-electron chi connectivity index (χ0n) is 19.5. The highest BCUT2D eigenvalue weighted by atomic mass is 32.1. The van der Waals surface area contributed by atoms with E-state index in [1.54, 1.807) is 12.0 Å². The lowest BCUT2D eigenvalue weighted by molar-refractivity contribution is 0.0659. The molecule has 1 saturated heterocycles. The van der Waals surface area contributed by atoms with E-state index in [0.717, 1.165) is 40.2 Å². The first kappa shape index (κ1) is 23.9. The number of carbonyl (C=O) groups is 2. The van der Waals surface area contributed by atoms with E-state index in [-0.39, 0.29) is 24.5 Å². The lowest BCUT2D eigenvalue weighted by atomic mass is 9.98. The minimum absolute atomic E-state index is 0.220. The molecule has 0 spiro atoms. The molecule has 1 N–H and O–H groups in total. The average Bonchev–Trinajstić information content (AvgIpc) is 3.36. The van der Waals surface area contributed by atoms with Crippen molar-refractivity contribution >= 4 is 29.0 Å². The number of amides is 2. The fourth-order valence-corrected chi connectivity index (χ4v) is 4.97. The van der Waals surface area contributed by atoms with Crippen LogP contribution in [0.4, 0.5) is 10.5 Å². The van der Waals surface area contributed by atoms with Gasteiger partial charge in [0.15, 0.2) is 0 Å². The second-order valence-corrected chi connectivity index (χ2v) is 9.20. The Balaban J connectivity index is 1.38. The highest BCUT2D eigenvalue weighted by Crippen LogP contribution is 2.32. The van der Waals surface area contributed by atoms with Gasteiger partial charge >= 0.3 is 6.09 Å². The van der Waals surface area contributed by atoms with Crippen molar-refractivity contribution in [3.8, 4) is 11.1 Å². The smallest absolute Gasteiger partial charge is 0.409 e. The first-order valence-electron chi connectivity index (χ1n) is 11.4. The monoisotopic (exact) mass is 479 g/mol. The summed E-state index contributed by atoms with van der Waals surface area (Å²) in [6.07, 6.45) is 1.29. The molecule has 34 heavy (non-hydrogen) atoms. The number of piperidine rings is 1. The molecule has 1 aromatic heterocycles. The average molecular weight is 480 g/mol. The molecule has 1 fully saturated rings. The topological polar surface area (TPSA) is 80.8 Å². The van der Waals surface area contributed by atoms with Crippen molar-refractivity contribution in [1.29, 1.82) is 0 Å². The zero-order chi connectivity index (χ0) is 23.9. The summed E-state index contributed by atoms with van der Waals surface area (Å²) < 4.78 is 10.1. The molecule has 1 aliphatic rings. The van der Waals surface area contributed by atoms with Gasteiger partial charge in [-0.2, -0.15) is 0 Å². The van der Waals surface area contributed by atoms with Crippen molar-refractivity contribution < 1.29 is 19.1 Å². The second-order valence-electron chi connectivity index (χ2n) is 8.31. The quantitative estimate of drug-likeness (QED) is 0.463. The summed E-state index contributed by atoms with van der Waals surface area (Å²) in [4.78, 5) is 31.5. The number of carbonyl (C=O) groups excluding carboxylic acids is 2. The van der Waals surface area contributed by atoms with E-state index in [9.17, 15) is 9.59 Å². The molecule has 0 atom stereocenters. The number of hydrogen-bond donors (Lipinski definition) is 1. The maximum atomic E-state index is 13.0. The number of rotatable bonds is 7. The van der Waals surface area contributed by atoms with Gasteiger partial charge in [-0.3, -0.25) is 4.79 Å². The summed E-state index contributed by atoms with van der Waals surface area (Å²) >= 11 is 1.50. The van der Waals surface area contributed by atoms with Gasteiger partial charge in [0.05, 0.1) is 11.6 Å². The van der Waals surface area contributed by atoms with Gasteiger partial charge in [0, 0.05) is 42.7 Å². The number of nitrogens with zero attached hydrogens (tertiary/aromatic N) is 2. The first-order chi connectivity index (χ1) is 16.5. The van der Waals surface area contributed by atoms with Crippen LogP contribution in [-0.4, -0.2) is 55.3 Å². The molecule has 4 rings (SSSR count). The van der Waals surface area contributed by atoms with E-state index in [2.05, 4.69) is 16.4 Å². The Hall–Kier alpha value is -3.23. The number of likely N-dealkylation sites (tertiary alicyclic amines) is 1. The Morgan fingerprint density at radius 1 is 1.12 bits per heavy atom. The summed E-state index contributed by atoms with van der Waals surface area (Å²) in [5, 5.41) is 5.79. The van der Waals surface area contributed by atoms with Crippen LogP contribution in [0.2, 0.25) is 0 Å². The SMILES string of the molecule is COCCOC(=O)N1CCC(c2nc(C(=O)Nc3ccc(C)cc3-c3ccccc3)cs2)CC1. The van der Waals surface area contributed by atoms with Gasteiger partial charge in [-0.25, -0.2) is 9.78 Å². The van der Waals surface area contributed by atoms with E-state index in [4.69, 9.17) is 9.47 Å². The molecule has 0 bridgehead atoms. The Labute approximate surface area is 203 Å². The van der Waals surface area contributed by atoms with Gasteiger partial charge < -0.3 is 19.7 Å². The summed E-state index contributed by atoms with van der Waals surface area (Å²) in [7, 11) is 1.57. The van der Waals surface area contributed by atoms with E-state index in [1.165, 1.54) is 11.3 Å². The summed E-state index contributed by atoms with van der Waals surface area (Å²) in [6.45, 7) is 3.91. The Bertz CT molecular complexity index is 1120. The normalized spacial score (nSPS) is 14.1. The minimum Gasteiger partial charge on any atom is -0.447 e. The molecule has 3 aromatic rings. The van der Waals surface area contributed by atoms with E-state index in [0.29, 0.717) is 25.4 Å². The van der Waals surface area contributed by atoms with Crippen LogP contribution in [0, 0.1) is 6.92 Å². The molecule has 2 heterocycles. The van der Waals surface area contributed by atoms with Gasteiger partial charge in [-0.05, 0) is 37.5 Å². The molecule has 7 nitrogen and oxygen atoms in total. The van der Waals surface area contributed by atoms with Crippen LogP contribution in [-0.2, 0) is 9.47 Å². The third kappa shape index (κ3) is 5.81. The molecule has 0 radical (unpaired) electrons. The van der Waals surface area contributed by atoms with Gasteiger partial charge in [0.1, 0.15) is 12.3 Å². The van der Waals surface area contributed by atoms with Crippen LogP contribution >= 0.6 is 11.3 Å². The lowest BCUT2D eigenvalue weighted by Gasteiger charge is -2.30. The summed E-state index contributed by atoms with van der Waals surface area (Å²) in [5.41, 5.74) is 4.33. The van der Waals surface area contributed by atoms with Crippen molar-refractivity contribution in [2.24, 2.45) is 0 Å². The molecular weight excluding hydrogens is 450 g/mol. The number of aryl methyl sites for hydroxylation is 1. The minimum atomic E-state index is -0.304. The first-order valence-corrected chi connectivity index (χ1v) is 12.3. The van der Waals surface area contributed by atoms with E-state index < -0.39 is 0 Å². The maximum absolute atomic E-state index is 13.0. The fraction of sp³-hybridized carbons (Fsp3) is 0.346. The zero-order valence-corrected chi connectivity index (χ0v) is 20.3. The molecular formula is C26H29N3O4S. The molecule has 0 saturated carbocycles. The van der Waals surface area contributed by atoms with Crippen LogP contribution in [0.15, 0.2) is 53.9 Å². The van der Waals surface area contributed by atoms with E-state index >= 15 is 0 Å². The number of ether oxygens (including phenoxy) is 2. The summed E-state index contributed by atoms with van der Waals surface area (Å²) in [6, 6.07) is 16.0. The largest absolute Gasteiger partial charge is 0.447 e. The molecule has 0 aliphatic carbocycles. The molecule has 8 heteroatoms. The van der Waals surface area contributed by atoms with Crippen LogP contribution in [0.5, 0.6) is 0 Å². The Morgan fingerprint density at radius 3 is 2.62 bits per heavy atom. The van der Waals surface area contributed by atoms with Crippen molar-refractivity contribution in [3.63, 3.8) is 0 Å². The van der Waals surface area contributed by atoms with Crippen molar-refractivity contribution in [1.82, 2.24) is 9.88 Å². The molecule has 1 aliphatic heterocycles. The second kappa shape index (κ2) is 11.3. The molecule has 2 amide bonds.